The molecular formula is C13H13NO2S2. The van der Waals surface area contributed by atoms with E-state index in [-0.39, 0.29) is 18.4 Å². The van der Waals surface area contributed by atoms with Crippen molar-refractivity contribution in [3.63, 3.8) is 0 Å². The molecule has 0 atom stereocenters. The maximum absolute atomic E-state index is 12.3. The van der Waals surface area contributed by atoms with E-state index in [1.165, 1.54) is 28.0 Å². The summed E-state index contributed by atoms with van der Waals surface area (Å²) in [5.74, 6) is 0.360. The Labute approximate surface area is 114 Å². The van der Waals surface area contributed by atoms with Crippen molar-refractivity contribution in [2.45, 2.75) is 6.92 Å². The maximum atomic E-state index is 12.3. The summed E-state index contributed by atoms with van der Waals surface area (Å²) in [5.41, 5.74) is 0.545. The predicted molar refractivity (Wildman–Crippen MR) is 76.3 cm³/mol. The van der Waals surface area contributed by atoms with Crippen molar-refractivity contribution in [1.29, 1.82) is 0 Å². The third-order valence-corrected chi connectivity index (χ3v) is 4.34. The van der Waals surface area contributed by atoms with E-state index >= 15 is 0 Å². The van der Waals surface area contributed by atoms with Crippen LogP contribution in [0.2, 0.25) is 0 Å². The highest BCUT2D eigenvalue weighted by atomic mass is 32.2. The number of rotatable bonds is 5. The van der Waals surface area contributed by atoms with Gasteiger partial charge in [0.25, 0.3) is 11.8 Å². The molecule has 1 aliphatic heterocycles. The summed E-state index contributed by atoms with van der Waals surface area (Å²) in [6.07, 6.45) is 1.57. The summed E-state index contributed by atoms with van der Waals surface area (Å²) in [6, 6.07) is 3.76. The van der Waals surface area contributed by atoms with Crippen molar-refractivity contribution in [2.75, 3.05) is 12.3 Å². The topological polar surface area (TPSA) is 37.4 Å². The van der Waals surface area contributed by atoms with Gasteiger partial charge >= 0.3 is 0 Å². The molecule has 1 aromatic heterocycles. The van der Waals surface area contributed by atoms with Crippen molar-refractivity contribution in [1.82, 2.24) is 4.90 Å². The Balaban J connectivity index is 2.46. The van der Waals surface area contributed by atoms with E-state index in [2.05, 4.69) is 6.58 Å². The summed E-state index contributed by atoms with van der Waals surface area (Å²) < 4.78 is 0. The van der Waals surface area contributed by atoms with E-state index in [0.29, 0.717) is 10.5 Å². The van der Waals surface area contributed by atoms with Crippen LogP contribution in [0.5, 0.6) is 0 Å². The second-order valence-corrected chi connectivity index (χ2v) is 5.85. The Kier molecular flexibility index (Phi) is 4.04. The van der Waals surface area contributed by atoms with E-state index in [0.717, 1.165) is 10.6 Å². The lowest BCUT2D eigenvalue weighted by atomic mass is 10.2. The molecule has 0 unspecified atom stereocenters. The maximum Gasteiger partial charge on any atom is 0.268 e. The van der Waals surface area contributed by atoms with Gasteiger partial charge in [0, 0.05) is 11.4 Å². The summed E-state index contributed by atoms with van der Waals surface area (Å²) in [7, 11) is 0. The van der Waals surface area contributed by atoms with Crippen molar-refractivity contribution < 1.29 is 9.59 Å². The van der Waals surface area contributed by atoms with Crippen LogP contribution in [-0.4, -0.2) is 29.0 Å². The molecule has 5 heteroatoms. The zero-order valence-corrected chi connectivity index (χ0v) is 11.6. The zero-order chi connectivity index (χ0) is 13.1. The van der Waals surface area contributed by atoms with E-state index in [1.807, 2.05) is 24.4 Å². The quantitative estimate of drug-likeness (QED) is 0.614. The number of hydrogen-bond acceptors (Lipinski definition) is 4. The van der Waals surface area contributed by atoms with Crippen molar-refractivity contribution in [2.24, 2.45) is 0 Å². The van der Waals surface area contributed by atoms with Crippen LogP contribution in [0.1, 0.15) is 11.8 Å². The van der Waals surface area contributed by atoms with Crippen molar-refractivity contribution >= 4 is 40.5 Å². The van der Waals surface area contributed by atoms with Gasteiger partial charge in [-0.3, -0.25) is 14.5 Å². The van der Waals surface area contributed by atoms with E-state index in [4.69, 9.17) is 0 Å². The Morgan fingerprint density at radius 2 is 2.22 bits per heavy atom. The molecule has 1 aliphatic rings. The third kappa shape index (κ3) is 2.15. The molecule has 94 valence electrons. The first kappa shape index (κ1) is 13.1. The van der Waals surface area contributed by atoms with Crippen LogP contribution in [-0.2, 0) is 9.59 Å². The second kappa shape index (κ2) is 5.54. The second-order valence-electron chi connectivity index (χ2n) is 3.62. The molecule has 18 heavy (non-hydrogen) atoms. The predicted octanol–water partition coefficient (Wildman–Crippen LogP) is 2.77. The number of thioether (sulfide) groups is 1. The zero-order valence-electron chi connectivity index (χ0n) is 10.0. The van der Waals surface area contributed by atoms with Crippen LogP contribution in [0.25, 0.3) is 5.57 Å². The van der Waals surface area contributed by atoms with Gasteiger partial charge < -0.3 is 0 Å². The highest BCUT2D eigenvalue weighted by molar-refractivity contribution is 8.04. The summed E-state index contributed by atoms with van der Waals surface area (Å²) >= 11 is 2.91. The molecule has 0 bridgehead atoms. The molecule has 0 saturated heterocycles. The molecule has 0 N–H and O–H groups in total. The summed E-state index contributed by atoms with van der Waals surface area (Å²) in [6.45, 7) is 5.82. The van der Waals surface area contributed by atoms with Gasteiger partial charge in [0.05, 0.1) is 10.5 Å². The van der Waals surface area contributed by atoms with Gasteiger partial charge in [0.15, 0.2) is 0 Å². The number of imide groups is 1. The Hall–Kier alpha value is -1.33. The molecule has 2 heterocycles. The number of thiophene rings is 1. The van der Waals surface area contributed by atoms with Crippen LogP contribution in [0.15, 0.2) is 35.1 Å². The van der Waals surface area contributed by atoms with Gasteiger partial charge in [0.2, 0.25) is 0 Å². The monoisotopic (exact) mass is 279 g/mol. The van der Waals surface area contributed by atoms with Gasteiger partial charge in [-0.1, -0.05) is 19.1 Å². The first-order valence-corrected chi connectivity index (χ1v) is 7.45. The van der Waals surface area contributed by atoms with Gasteiger partial charge in [-0.2, -0.15) is 0 Å². The molecule has 2 rings (SSSR count). The molecule has 0 spiro atoms. The smallest absolute Gasteiger partial charge is 0.268 e. The summed E-state index contributed by atoms with van der Waals surface area (Å²) in [4.78, 5) is 27.1. The average molecular weight is 279 g/mol. The molecule has 0 aromatic carbocycles. The minimum Gasteiger partial charge on any atom is -0.270 e. The van der Waals surface area contributed by atoms with Crippen LogP contribution < -0.4 is 0 Å². The number of amides is 2. The molecule has 0 saturated carbocycles. The normalized spacial score (nSPS) is 15.7. The lowest BCUT2D eigenvalue weighted by molar-refractivity contribution is -0.135. The summed E-state index contributed by atoms with van der Waals surface area (Å²) in [5, 5.41) is 1.91. The average Bonchev–Trinajstić information content (AvgIpc) is 2.94. The standard InChI is InChI=1S/C13H13NO2S2/c1-3-7-14-12(15)10(9-6-5-8-18-9)11(13(14)16)17-4-2/h3,5-6,8H,1,4,7H2,2H3. The van der Waals surface area contributed by atoms with E-state index < -0.39 is 0 Å². The molecule has 0 aliphatic carbocycles. The highest BCUT2D eigenvalue weighted by Crippen LogP contribution is 2.37. The fraction of sp³-hybridized carbons (Fsp3) is 0.231. The first-order valence-electron chi connectivity index (χ1n) is 5.58. The van der Waals surface area contributed by atoms with Gasteiger partial charge in [-0.15, -0.1) is 29.7 Å². The first-order chi connectivity index (χ1) is 8.70. The SMILES string of the molecule is C=CCN1C(=O)C(SCC)=C(c2cccs2)C1=O. The van der Waals surface area contributed by atoms with Gasteiger partial charge in [-0.05, 0) is 17.2 Å². The fourth-order valence-electron chi connectivity index (χ4n) is 1.77. The molecule has 1 aromatic rings. The fourth-order valence-corrected chi connectivity index (χ4v) is 3.46. The minimum absolute atomic E-state index is 0.199. The molecule has 0 radical (unpaired) electrons. The Morgan fingerprint density at radius 1 is 1.44 bits per heavy atom. The van der Waals surface area contributed by atoms with E-state index in [9.17, 15) is 9.59 Å². The number of carbonyl (C=O) groups is 2. The van der Waals surface area contributed by atoms with Crippen LogP contribution in [0.4, 0.5) is 0 Å². The molecule has 3 nitrogen and oxygen atoms in total. The number of hydrogen-bond donors (Lipinski definition) is 0. The van der Waals surface area contributed by atoms with E-state index in [1.54, 1.807) is 6.08 Å². The number of nitrogens with zero attached hydrogens (tertiary/aromatic N) is 1. The molecular weight excluding hydrogens is 266 g/mol. The van der Waals surface area contributed by atoms with Crippen LogP contribution in [0.3, 0.4) is 0 Å². The van der Waals surface area contributed by atoms with Crippen LogP contribution in [0, 0.1) is 0 Å². The molecule has 0 fully saturated rings. The number of carbonyl (C=O) groups excluding carboxylic acids is 2. The Morgan fingerprint density at radius 3 is 2.78 bits per heavy atom. The third-order valence-electron chi connectivity index (χ3n) is 2.49. The van der Waals surface area contributed by atoms with Crippen LogP contribution >= 0.6 is 23.1 Å². The van der Waals surface area contributed by atoms with Gasteiger partial charge in [0.1, 0.15) is 0 Å². The van der Waals surface area contributed by atoms with Gasteiger partial charge in [-0.25, -0.2) is 0 Å². The van der Waals surface area contributed by atoms with Crippen molar-refractivity contribution in [3.05, 3.63) is 40.0 Å². The lowest BCUT2D eigenvalue weighted by Crippen LogP contribution is -2.31. The van der Waals surface area contributed by atoms with Crippen molar-refractivity contribution in [3.8, 4) is 0 Å². The largest absolute Gasteiger partial charge is 0.270 e. The highest BCUT2D eigenvalue weighted by Gasteiger charge is 2.38. The lowest BCUT2D eigenvalue weighted by Gasteiger charge is -2.11. The Bertz CT molecular complexity index is 517. The minimum atomic E-state index is -0.210. The molecule has 2 amide bonds.